The second kappa shape index (κ2) is 40.0. The summed E-state index contributed by atoms with van der Waals surface area (Å²) in [6.07, 6.45) is 47.6. The van der Waals surface area contributed by atoms with Gasteiger partial charge in [-0.2, -0.15) is 0 Å². The molecule has 51 heavy (non-hydrogen) atoms. The van der Waals surface area contributed by atoms with Crippen LogP contribution in [0.4, 0.5) is 0 Å². The molecule has 0 aromatic carbocycles. The van der Waals surface area contributed by atoms with Gasteiger partial charge in [-0.3, -0.25) is 0 Å². The van der Waals surface area contributed by atoms with E-state index in [0.29, 0.717) is 19.0 Å². The zero-order valence-electron chi connectivity index (χ0n) is 34.6. The molecule has 0 radical (unpaired) electrons. The fourth-order valence-electron chi connectivity index (χ4n) is 6.69. The zero-order valence-corrected chi connectivity index (χ0v) is 34.6. The molecule has 3 atom stereocenters. The van der Waals surface area contributed by atoms with Gasteiger partial charge in [-0.25, -0.2) is 0 Å². The van der Waals surface area contributed by atoms with Gasteiger partial charge < -0.3 is 25.7 Å². The summed E-state index contributed by atoms with van der Waals surface area (Å²) in [5.74, 6) is 0.708. The number of aliphatic hydroxyl groups is 2. The van der Waals surface area contributed by atoms with Crippen LogP contribution in [0.2, 0.25) is 0 Å². The van der Waals surface area contributed by atoms with Crippen LogP contribution in [0, 0.1) is 5.92 Å². The van der Waals surface area contributed by atoms with Crippen LogP contribution in [-0.4, -0.2) is 78.0 Å². The average molecular weight is 716 g/mol. The summed E-state index contributed by atoms with van der Waals surface area (Å²) in [5, 5.41) is 20.7. The molecule has 0 aromatic heterocycles. The van der Waals surface area contributed by atoms with Crippen molar-refractivity contribution in [3.05, 3.63) is 48.6 Å². The Kier molecular flexibility index (Phi) is 39.0. The van der Waals surface area contributed by atoms with Gasteiger partial charge in [0, 0.05) is 19.6 Å². The smallest absolute Gasteiger partial charge is 0.0789 e. The van der Waals surface area contributed by atoms with E-state index in [1.807, 2.05) is 0 Å². The summed E-state index contributed by atoms with van der Waals surface area (Å²) in [6, 6.07) is 0. The van der Waals surface area contributed by atoms with Crippen molar-refractivity contribution in [1.82, 2.24) is 9.80 Å². The Bertz CT molecular complexity index is 810. The van der Waals surface area contributed by atoms with Gasteiger partial charge in [-0.15, -0.1) is 0 Å². The molecule has 5 nitrogen and oxygen atoms in total. The fourth-order valence-corrected chi connectivity index (χ4v) is 6.69. The lowest BCUT2D eigenvalue weighted by molar-refractivity contribution is 0.0963. The van der Waals surface area contributed by atoms with Gasteiger partial charge in [-0.05, 0) is 116 Å². The Morgan fingerprint density at radius 1 is 0.490 bits per heavy atom. The maximum absolute atomic E-state index is 10.4. The predicted octanol–water partition coefficient (Wildman–Crippen LogP) is 11.6. The Morgan fingerprint density at radius 2 is 0.922 bits per heavy atom. The van der Waals surface area contributed by atoms with E-state index < -0.39 is 6.10 Å². The molecule has 0 bridgehead atoms. The summed E-state index contributed by atoms with van der Waals surface area (Å²) in [7, 11) is 0. The van der Waals surface area contributed by atoms with E-state index in [-0.39, 0.29) is 6.10 Å². The lowest BCUT2D eigenvalue weighted by Crippen LogP contribution is -2.39. The van der Waals surface area contributed by atoms with Gasteiger partial charge in [0.25, 0.3) is 0 Å². The van der Waals surface area contributed by atoms with Crippen LogP contribution in [-0.2, 0) is 0 Å². The topological polar surface area (TPSA) is 73.0 Å². The SMILES string of the molecule is CCCCC/C=C\C/C=C/CCCCCCCCN(CCCN(CCCCCCCC/C=C/C/C=C\C(C)CCC)CC(O)CC)CC(O)CN. The third-order valence-electron chi connectivity index (χ3n) is 10.0. The Labute approximate surface area is 319 Å². The highest BCUT2D eigenvalue weighted by molar-refractivity contribution is 4.95. The third-order valence-corrected chi connectivity index (χ3v) is 10.0. The summed E-state index contributed by atoms with van der Waals surface area (Å²) in [5.41, 5.74) is 5.78. The lowest BCUT2D eigenvalue weighted by Gasteiger charge is -2.28. The number of aliphatic hydroxyl groups excluding tert-OH is 2. The molecule has 0 aliphatic carbocycles. The van der Waals surface area contributed by atoms with Gasteiger partial charge in [-0.1, -0.05) is 147 Å². The molecular weight excluding hydrogens is 627 g/mol. The van der Waals surface area contributed by atoms with Crippen LogP contribution < -0.4 is 5.73 Å². The molecule has 0 spiro atoms. The second-order valence-electron chi connectivity index (χ2n) is 15.3. The van der Waals surface area contributed by atoms with Crippen molar-refractivity contribution in [2.75, 3.05) is 45.8 Å². The summed E-state index contributed by atoms with van der Waals surface area (Å²) in [4.78, 5) is 4.91. The van der Waals surface area contributed by atoms with E-state index in [1.54, 1.807) is 0 Å². The Hall–Kier alpha value is -1.24. The van der Waals surface area contributed by atoms with Crippen LogP contribution in [0.5, 0.6) is 0 Å². The summed E-state index contributed by atoms with van der Waals surface area (Å²) < 4.78 is 0. The zero-order chi connectivity index (χ0) is 37.5. The van der Waals surface area contributed by atoms with Gasteiger partial charge >= 0.3 is 0 Å². The fraction of sp³-hybridized carbons (Fsp3) is 0.826. The number of nitrogens with two attached hydrogens (primary N) is 1. The molecule has 0 saturated carbocycles. The van der Waals surface area contributed by atoms with Gasteiger partial charge in [0.1, 0.15) is 0 Å². The molecule has 0 aliphatic rings. The first kappa shape index (κ1) is 49.8. The third kappa shape index (κ3) is 36.9. The van der Waals surface area contributed by atoms with E-state index in [0.717, 1.165) is 58.4 Å². The first-order chi connectivity index (χ1) is 25.0. The lowest BCUT2D eigenvalue weighted by atomic mass is 10.1. The van der Waals surface area contributed by atoms with Crippen LogP contribution >= 0.6 is 0 Å². The van der Waals surface area contributed by atoms with E-state index in [2.05, 4.69) is 86.1 Å². The van der Waals surface area contributed by atoms with E-state index in [4.69, 9.17) is 5.73 Å². The molecule has 0 aromatic rings. The minimum absolute atomic E-state index is 0.248. The number of unbranched alkanes of at least 4 members (excludes halogenated alkanes) is 15. The van der Waals surface area contributed by atoms with Crippen molar-refractivity contribution < 1.29 is 10.2 Å². The van der Waals surface area contributed by atoms with Crippen molar-refractivity contribution in [1.29, 1.82) is 0 Å². The highest BCUT2D eigenvalue weighted by atomic mass is 16.3. The maximum atomic E-state index is 10.4. The molecule has 0 saturated heterocycles. The summed E-state index contributed by atoms with van der Waals surface area (Å²) >= 11 is 0. The minimum Gasteiger partial charge on any atom is -0.392 e. The first-order valence-electron chi connectivity index (χ1n) is 22.1. The van der Waals surface area contributed by atoms with Crippen molar-refractivity contribution in [3.8, 4) is 0 Å². The summed E-state index contributed by atoms with van der Waals surface area (Å²) in [6.45, 7) is 14.8. The number of hydrogen-bond acceptors (Lipinski definition) is 5. The molecule has 4 N–H and O–H groups in total. The maximum Gasteiger partial charge on any atom is 0.0789 e. The quantitative estimate of drug-likeness (QED) is 0.0436. The molecule has 0 rings (SSSR count). The number of hydrogen-bond donors (Lipinski definition) is 3. The number of nitrogens with zero attached hydrogens (tertiary/aromatic N) is 2. The average Bonchev–Trinajstić information content (AvgIpc) is 3.12. The number of rotatable bonds is 39. The normalized spacial score (nSPS) is 14.5. The van der Waals surface area contributed by atoms with E-state index in [1.165, 1.54) is 128 Å². The molecule has 0 fully saturated rings. The molecule has 300 valence electrons. The molecule has 0 heterocycles. The number of allylic oxidation sites excluding steroid dienone is 8. The van der Waals surface area contributed by atoms with Crippen molar-refractivity contribution >= 4 is 0 Å². The van der Waals surface area contributed by atoms with Gasteiger partial charge in [0.2, 0.25) is 0 Å². The van der Waals surface area contributed by atoms with Crippen LogP contribution in [0.3, 0.4) is 0 Å². The van der Waals surface area contributed by atoms with Crippen LogP contribution in [0.25, 0.3) is 0 Å². The first-order valence-corrected chi connectivity index (χ1v) is 22.1. The van der Waals surface area contributed by atoms with Crippen molar-refractivity contribution in [2.24, 2.45) is 11.7 Å². The monoisotopic (exact) mass is 716 g/mol. The highest BCUT2D eigenvalue weighted by Crippen LogP contribution is 2.12. The van der Waals surface area contributed by atoms with Crippen molar-refractivity contribution in [3.63, 3.8) is 0 Å². The molecule has 5 heteroatoms. The van der Waals surface area contributed by atoms with E-state index in [9.17, 15) is 10.2 Å². The molecule has 3 unspecified atom stereocenters. The highest BCUT2D eigenvalue weighted by Gasteiger charge is 2.14. The van der Waals surface area contributed by atoms with Crippen molar-refractivity contribution in [2.45, 2.75) is 194 Å². The predicted molar refractivity (Wildman–Crippen MR) is 228 cm³/mol. The van der Waals surface area contributed by atoms with Gasteiger partial charge in [0.05, 0.1) is 12.2 Å². The van der Waals surface area contributed by atoms with Gasteiger partial charge in [0.15, 0.2) is 0 Å². The Morgan fingerprint density at radius 3 is 1.39 bits per heavy atom. The largest absolute Gasteiger partial charge is 0.392 e. The molecule has 0 aliphatic heterocycles. The minimum atomic E-state index is -0.454. The van der Waals surface area contributed by atoms with Crippen LogP contribution in [0.15, 0.2) is 48.6 Å². The standard InChI is InChI=1S/C46H89N3O2/c1-5-8-9-10-11-12-13-14-15-16-17-20-23-27-30-33-38-49(43-46(51)41-47)40-34-39-48(42-45(50)7-3)37-32-29-26-24-21-18-19-22-25-28-31-36-44(4)35-6-2/h11-12,14-15,22,25,31,36,44-46,50-51H,5-10,13,16-21,23-24,26-30,32-35,37-43,47H2,1-4H3/b12-11-,15-14+,25-22+,36-31-. The van der Waals surface area contributed by atoms with Crippen LogP contribution in [0.1, 0.15) is 182 Å². The molecule has 0 amide bonds. The Balaban J connectivity index is 4.20. The molecular formula is C46H89N3O2. The second-order valence-corrected chi connectivity index (χ2v) is 15.3. The van der Waals surface area contributed by atoms with E-state index >= 15 is 0 Å².